The molecule has 76 valence electrons. The molecular formula is C11H22N2. The minimum Gasteiger partial charge on any atom is -0.312 e. The van der Waals surface area contributed by atoms with Gasteiger partial charge in [-0.1, -0.05) is 27.7 Å². The molecule has 0 radical (unpaired) electrons. The molecule has 2 rings (SSSR count). The average Bonchev–Trinajstić information content (AvgIpc) is 2.54. The highest BCUT2D eigenvalue weighted by Crippen LogP contribution is 2.38. The van der Waals surface area contributed by atoms with Crippen LogP contribution in [0.15, 0.2) is 11.3 Å². The maximum atomic E-state index is 3.38. The van der Waals surface area contributed by atoms with Crippen molar-refractivity contribution in [3.05, 3.63) is 11.3 Å². The Kier molecular flexibility index (Phi) is 3.01. The van der Waals surface area contributed by atoms with E-state index in [9.17, 15) is 0 Å². The van der Waals surface area contributed by atoms with Crippen molar-refractivity contribution in [2.45, 2.75) is 41.0 Å². The number of allylic oxidation sites excluding steroid dienone is 1. The number of hydrogen-bond donors (Lipinski definition) is 1. The summed E-state index contributed by atoms with van der Waals surface area (Å²) in [5, 5.41) is 2.31. The van der Waals surface area contributed by atoms with Crippen molar-refractivity contribution in [2.75, 3.05) is 13.1 Å². The van der Waals surface area contributed by atoms with E-state index in [1.165, 1.54) is 24.2 Å². The number of nitrogens with one attached hydrogen (secondary N) is 1. The van der Waals surface area contributed by atoms with Crippen LogP contribution in [0.2, 0.25) is 0 Å². The van der Waals surface area contributed by atoms with E-state index >= 15 is 0 Å². The van der Waals surface area contributed by atoms with Gasteiger partial charge < -0.3 is 5.01 Å². The minimum atomic E-state index is 0.476. The van der Waals surface area contributed by atoms with Crippen molar-refractivity contribution in [3.8, 4) is 0 Å². The average molecular weight is 182 g/mol. The monoisotopic (exact) mass is 182 g/mol. The summed E-state index contributed by atoms with van der Waals surface area (Å²) >= 11 is 0. The van der Waals surface area contributed by atoms with Crippen molar-refractivity contribution in [3.63, 3.8) is 0 Å². The Bertz CT molecular complexity index is 216. The maximum Gasteiger partial charge on any atom is 0.0395 e. The lowest BCUT2D eigenvalue weighted by Crippen LogP contribution is -2.32. The third-order valence-corrected chi connectivity index (χ3v) is 2.59. The van der Waals surface area contributed by atoms with Crippen LogP contribution >= 0.6 is 0 Å². The van der Waals surface area contributed by atoms with Crippen LogP contribution in [0.3, 0.4) is 0 Å². The van der Waals surface area contributed by atoms with Gasteiger partial charge in [0.05, 0.1) is 0 Å². The van der Waals surface area contributed by atoms with Crippen LogP contribution in [0.5, 0.6) is 0 Å². The molecule has 2 heterocycles. The minimum absolute atomic E-state index is 0.476. The van der Waals surface area contributed by atoms with E-state index in [-0.39, 0.29) is 0 Å². The Morgan fingerprint density at radius 3 is 2.46 bits per heavy atom. The van der Waals surface area contributed by atoms with Gasteiger partial charge in [0.15, 0.2) is 0 Å². The van der Waals surface area contributed by atoms with Gasteiger partial charge >= 0.3 is 0 Å². The molecule has 0 spiro atoms. The van der Waals surface area contributed by atoms with E-state index in [0.29, 0.717) is 5.41 Å². The second kappa shape index (κ2) is 3.70. The standard InChI is InChI=1S/C9H16N2.C2H6/c1-7-5-10-11-6-9(2,3)4-8(7)11;1-2/h10H,4-6H2,1-3H3;1-2H3. The van der Waals surface area contributed by atoms with Crippen LogP contribution in [-0.4, -0.2) is 18.1 Å². The number of hydrogen-bond acceptors (Lipinski definition) is 2. The van der Waals surface area contributed by atoms with Gasteiger partial charge in [0, 0.05) is 18.8 Å². The molecule has 1 N–H and O–H groups in total. The number of hydrazine groups is 1. The first kappa shape index (κ1) is 10.6. The summed E-state index contributed by atoms with van der Waals surface area (Å²) in [6.07, 6.45) is 1.24. The van der Waals surface area contributed by atoms with E-state index in [1.54, 1.807) is 0 Å². The summed E-state index contributed by atoms with van der Waals surface area (Å²) < 4.78 is 0. The molecule has 0 unspecified atom stereocenters. The van der Waals surface area contributed by atoms with Crippen molar-refractivity contribution in [1.29, 1.82) is 0 Å². The third-order valence-electron chi connectivity index (χ3n) is 2.59. The molecule has 0 aromatic heterocycles. The van der Waals surface area contributed by atoms with E-state index in [4.69, 9.17) is 0 Å². The zero-order valence-corrected chi connectivity index (χ0v) is 9.57. The Hall–Kier alpha value is -0.500. The molecule has 13 heavy (non-hydrogen) atoms. The zero-order chi connectivity index (χ0) is 10.1. The van der Waals surface area contributed by atoms with Gasteiger partial charge in [0.2, 0.25) is 0 Å². The molecule has 0 atom stereocenters. The van der Waals surface area contributed by atoms with E-state index < -0.39 is 0 Å². The molecule has 2 aliphatic rings. The molecule has 1 saturated heterocycles. The van der Waals surface area contributed by atoms with Crippen LogP contribution in [0.4, 0.5) is 0 Å². The zero-order valence-electron chi connectivity index (χ0n) is 9.57. The highest BCUT2D eigenvalue weighted by Gasteiger charge is 2.36. The Labute approximate surface area is 82.0 Å². The number of fused-ring (bicyclic) bond motifs is 1. The maximum absolute atomic E-state index is 3.38. The summed E-state index contributed by atoms with van der Waals surface area (Å²) in [6.45, 7) is 13.1. The normalized spacial score (nSPS) is 24.2. The summed E-state index contributed by atoms with van der Waals surface area (Å²) in [5.74, 6) is 0. The first-order valence-corrected chi connectivity index (χ1v) is 5.28. The van der Waals surface area contributed by atoms with Gasteiger partial charge in [-0.15, -0.1) is 0 Å². The summed E-state index contributed by atoms with van der Waals surface area (Å²) in [7, 11) is 0. The predicted octanol–water partition coefficient (Wildman–Crippen LogP) is 2.54. The lowest BCUT2D eigenvalue weighted by molar-refractivity contribution is 0.259. The van der Waals surface area contributed by atoms with Crippen molar-refractivity contribution >= 4 is 0 Å². The predicted molar refractivity (Wildman–Crippen MR) is 57.2 cm³/mol. The first-order chi connectivity index (χ1) is 6.08. The van der Waals surface area contributed by atoms with Crippen LogP contribution in [-0.2, 0) is 0 Å². The highest BCUT2D eigenvalue weighted by atomic mass is 15.5. The van der Waals surface area contributed by atoms with Gasteiger partial charge in [-0.05, 0) is 24.3 Å². The second-order valence-electron chi connectivity index (χ2n) is 4.49. The third kappa shape index (κ3) is 2.05. The summed E-state index contributed by atoms with van der Waals surface area (Å²) in [6, 6.07) is 0. The quantitative estimate of drug-likeness (QED) is 0.619. The molecule has 0 aliphatic carbocycles. The van der Waals surface area contributed by atoms with Crippen LogP contribution in [0.25, 0.3) is 0 Å². The lowest BCUT2D eigenvalue weighted by atomic mass is 9.91. The second-order valence-corrected chi connectivity index (χ2v) is 4.49. The molecule has 2 nitrogen and oxygen atoms in total. The van der Waals surface area contributed by atoms with Gasteiger partial charge in [-0.3, -0.25) is 0 Å². The molecule has 0 bridgehead atoms. The molecule has 1 fully saturated rings. The fourth-order valence-electron chi connectivity index (χ4n) is 1.98. The van der Waals surface area contributed by atoms with Gasteiger partial charge in [-0.2, -0.15) is 0 Å². The number of nitrogens with zero attached hydrogens (tertiary/aromatic N) is 1. The summed E-state index contributed by atoms with van der Waals surface area (Å²) in [4.78, 5) is 0. The smallest absolute Gasteiger partial charge is 0.0395 e. The van der Waals surface area contributed by atoms with E-state index in [2.05, 4.69) is 31.2 Å². The van der Waals surface area contributed by atoms with E-state index in [1.807, 2.05) is 13.8 Å². The van der Waals surface area contributed by atoms with Crippen molar-refractivity contribution in [1.82, 2.24) is 10.4 Å². The van der Waals surface area contributed by atoms with Crippen LogP contribution in [0, 0.1) is 5.41 Å². The Morgan fingerprint density at radius 2 is 1.92 bits per heavy atom. The Morgan fingerprint density at radius 1 is 1.31 bits per heavy atom. The van der Waals surface area contributed by atoms with Gasteiger partial charge in [-0.25, -0.2) is 5.43 Å². The van der Waals surface area contributed by atoms with Crippen LogP contribution < -0.4 is 5.43 Å². The Balaban J connectivity index is 0.000000396. The largest absolute Gasteiger partial charge is 0.312 e. The molecule has 0 amide bonds. The SMILES string of the molecule is CC.CC1=C2CC(C)(C)CN2NC1. The van der Waals surface area contributed by atoms with Crippen molar-refractivity contribution < 1.29 is 0 Å². The number of rotatable bonds is 0. The fraction of sp³-hybridized carbons (Fsp3) is 0.818. The molecule has 0 aromatic carbocycles. The van der Waals surface area contributed by atoms with Gasteiger partial charge in [0.25, 0.3) is 0 Å². The first-order valence-electron chi connectivity index (χ1n) is 5.28. The lowest BCUT2D eigenvalue weighted by Gasteiger charge is -2.18. The molecular weight excluding hydrogens is 160 g/mol. The molecule has 2 aliphatic heterocycles. The fourth-order valence-corrected chi connectivity index (χ4v) is 1.98. The highest BCUT2D eigenvalue weighted by molar-refractivity contribution is 5.22. The van der Waals surface area contributed by atoms with Crippen molar-refractivity contribution in [2.24, 2.45) is 5.41 Å². The van der Waals surface area contributed by atoms with Gasteiger partial charge in [0.1, 0.15) is 0 Å². The molecule has 0 aromatic rings. The molecule has 0 saturated carbocycles. The summed E-state index contributed by atoms with van der Waals surface area (Å²) in [5.41, 5.74) is 6.92. The molecule has 2 heteroatoms. The van der Waals surface area contributed by atoms with E-state index in [0.717, 1.165) is 6.54 Å². The van der Waals surface area contributed by atoms with Crippen LogP contribution in [0.1, 0.15) is 41.0 Å². The topological polar surface area (TPSA) is 15.3 Å².